The number of hydrogen-bond donors (Lipinski definition) is 0. The van der Waals surface area contributed by atoms with Gasteiger partial charge in [0.2, 0.25) is 0 Å². The van der Waals surface area contributed by atoms with Gasteiger partial charge in [-0.1, -0.05) is 78.4 Å². The fraction of sp³-hybridized carbons (Fsp3) is 0.100. The van der Waals surface area contributed by atoms with Crippen LogP contribution in [0, 0.1) is 6.92 Å². The fourth-order valence-corrected chi connectivity index (χ4v) is 3.36. The normalized spacial score (nSPS) is 13.1. The second-order valence-electron chi connectivity index (χ2n) is 5.52. The van der Waals surface area contributed by atoms with Crippen LogP contribution >= 0.6 is 0 Å². The molecule has 96 valence electrons. The molecule has 0 aromatic heterocycles. The van der Waals surface area contributed by atoms with Gasteiger partial charge in [-0.3, -0.25) is 0 Å². The predicted molar refractivity (Wildman–Crippen MR) is 84.0 cm³/mol. The highest BCUT2D eigenvalue weighted by molar-refractivity contribution is 5.80. The molecule has 0 radical (unpaired) electrons. The lowest BCUT2D eigenvalue weighted by atomic mass is 9.89. The van der Waals surface area contributed by atoms with E-state index < -0.39 is 0 Å². The van der Waals surface area contributed by atoms with E-state index in [0.717, 1.165) is 0 Å². The molecule has 0 fully saturated rings. The number of fused-ring (bicyclic) bond motifs is 3. The zero-order chi connectivity index (χ0) is 13.5. The minimum Gasteiger partial charge on any atom is -0.0619 e. The molecule has 0 amide bonds. The van der Waals surface area contributed by atoms with Crippen molar-refractivity contribution in [3.8, 4) is 11.1 Å². The molecule has 0 atom stereocenters. The Balaban J connectivity index is 2.00. The van der Waals surface area contributed by atoms with Crippen molar-refractivity contribution in [1.29, 1.82) is 0 Å². The lowest BCUT2D eigenvalue weighted by molar-refractivity contribution is 1.01. The summed E-state index contributed by atoms with van der Waals surface area (Å²) in [6, 6.07) is 26.5. The molecule has 4 rings (SSSR count). The maximum atomic E-state index is 2.31. The molecule has 0 saturated heterocycles. The van der Waals surface area contributed by atoms with Gasteiger partial charge >= 0.3 is 0 Å². The van der Waals surface area contributed by atoms with Crippen LogP contribution in [0.2, 0.25) is 0 Å². The van der Waals surface area contributed by atoms with Crippen LogP contribution in [0.25, 0.3) is 11.1 Å². The summed E-state index contributed by atoms with van der Waals surface area (Å²) in [6.07, 6.45) is 0. The highest BCUT2D eigenvalue weighted by Gasteiger charge is 2.28. The van der Waals surface area contributed by atoms with Gasteiger partial charge in [0.25, 0.3) is 0 Å². The Labute approximate surface area is 119 Å². The first-order valence-electron chi connectivity index (χ1n) is 7.09. The fourth-order valence-electron chi connectivity index (χ4n) is 3.36. The predicted octanol–water partition coefficient (Wildman–Crippen LogP) is 5.16. The molecule has 20 heavy (non-hydrogen) atoms. The van der Waals surface area contributed by atoms with E-state index >= 15 is 0 Å². The second-order valence-corrected chi connectivity index (χ2v) is 5.52. The number of hydrogen-bond acceptors (Lipinski definition) is 0. The van der Waals surface area contributed by atoms with E-state index in [1.165, 1.54) is 33.4 Å². The van der Waals surface area contributed by atoms with Gasteiger partial charge in [-0.15, -0.1) is 0 Å². The molecule has 0 heteroatoms. The summed E-state index contributed by atoms with van der Waals surface area (Å²) in [6.45, 7) is 2.16. The molecule has 3 aromatic carbocycles. The molecular weight excluding hydrogens is 240 g/mol. The summed E-state index contributed by atoms with van der Waals surface area (Å²) in [4.78, 5) is 0. The number of rotatable bonds is 1. The molecule has 0 N–H and O–H groups in total. The van der Waals surface area contributed by atoms with Crippen molar-refractivity contribution >= 4 is 0 Å². The molecule has 1 aliphatic carbocycles. The summed E-state index contributed by atoms with van der Waals surface area (Å²) < 4.78 is 0. The Morgan fingerprint density at radius 1 is 0.650 bits per heavy atom. The molecule has 0 nitrogen and oxygen atoms in total. The van der Waals surface area contributed by atoms with Crippen molar-refractivity contribution < 1.29 is 0 Å². The molecule has 0 aliphatic heterocycles. The third-order valence-corrected chi connectivity index (χ3v) is 4.21. The van der Waals surface area contributed by atoms with Gasteiger partial charge in [-0.05, 0) is 34.7 Å². The Morgan fingerprint density at radius 2 is 1.25 bits per heavy atom. The van der Waals surface area contributed by atoms with Crippen LogP contribution in [0.1, 0.15) is 28.2 Å². The maximum Gasteiger partial charge on any atom is 0.0352 e. The van der Waals surface area contributed by atoms with Crippen LogP contribution in [-0.4, -0.2) is 0 Å². The average molecular weight is 256 g/mol. The molecule has 0 bridgehead atoms. The first-order valence-corrected chi connectivity index (χ1v) is 7.09. The Morgan fingerprint density at radius 3 is 1.85 bits per heavy atom. The van der Waals surface area contributed by atoms with E-state index in [4.69, 9.17) is 0 Å². The van der Waals surface area contributed by atoms with Crippen molar-refractivity contribution in [3.63, 3.8) is 0 Å². The standard InChI is InChI=1S/C20H16/c1-14-7-6-8-15(13-14)20-18-11-4-2-9-16(18)17-10-3-5-12-19(17)20/h2-13,20H,1H3. The topological polar surface area (TPSA) is 0 Å². The molecule has 0 saturated carbocycles. The highest BCUT2D eigenvalue weighted by atomic mass is 14.3. The monoisotopic (exact) mass is 256 g/mol. The summed E-state index contributed by atoms with van der Waals surface area (Å²) in [7, 11) is 0. The van der Waals surface area contributed by atoms with Crippen molar-refractivity contribution in [2.24, 2.45) is 0 Å². The van der Waals surface area contributed by atoms with E-state index in [1.54, 1.807) is 0 Å². The molecular formula is C20H16. The zero-order valence-corrected chi connectivity index (χ0v) is 11.5. The van der Waals surface area contributed by atoms with Crippen LogP contribution in [0.5, 0.6) is 0 Å². The van der Waals surface area contributed by atoms with Gasteiger partial charge in [0.1, 0.15) is 0 Å². The zero-order valence-electron chi connectivity index (χ0n) is 11.5. The van der Waals surface area contributed by atoms with Gasteiger partial charge in [-0.2, -0.15) is 0 Å². The minimum atomic E-state index is 0.377. The van der Waals surface area contributed by atoms with Gasteiger partial charge in [0.05, 0.1) is 0 Å². The first-order chi connectivity index (χ1) is 9.84. The van der Waals surface area contributed by atoms with E-state index in [-0.39, 0.29) is 0 Å². The second kappa shape index (κ2) is 4.35. The van der Waals surface area contributed by atoms with Crippen LogP contribution in [0.15, 0.2) is 72.8 Å². The van der Waals surface area contributed by atoms with Crippen molar-refractivity contribution in [3.05, 3.63) is 95.1 Å². The van der Waals surface area contributed by atoms with Crippen LogP contribution in [-0.2, 0) is 0 Å². The van der Waals surface area contributed by atoms with E-state index in [9.17, 15) is 0 Å². The Hall–Kier alpha value is -2.34. The average Bonchev–Trinajstić information content (AvgIpc) is 2.82. The maximum absolute atomic E-state index is 2.31. The third-order valence-electron chi connectivity index (χ3n) is 4.21. The van der Waals surface area contributed by atoms with E-state index in [2.05, 4.69) is 79.7 Å². The van der Waals surface area contributed by atoms with Crippen molar-refractivity contribution in [2.45, 2.75) is 12.8 Å². The highest BCUT2D eigenvalue weighted by Crippen LogP contribution is 2.47. The lowest BCUT2D eigenvalue weighted by Gasteiger charge is -2.14. The third kappa shape index (κ3) is 1.61. The lowest BCUT2D eigenvalue weighted by Crippen LogP contribution is -1.99. The molecule has 0 spiro atoms. The Bertz CT molecular complexity index is 738. The minimum absolute atomic E-state index is 0.377. The smallest absolute Gasteiger partial charge is 0.0352 e. The largest absolute Gasteiger partial charge is 0.0619 e. The SMILES string of the molecule is Cc1cccc(C2c3ccccc3-c3ccccc32)c1. The van der Waals surface area contributed by atoms with Gasteiger partial charge < -0.3 is 0 Å². The van der Waals surface area contributed by atoms with Gasteiger partial charge in [0, 0.05) is 5.92 Å². The molecule has 0 unspecified atom stereocenters. The summed E-state index contributed by atoms with van der Waals surface area (Å²) >= 11 is 0. The summed E-state index contributed by atoms with van der Waals surface area (Å²) in [5, 5.41) is 0. The molecule has 1 aliphatic rings. The quantitative estimate of drug-likeness (QED) is 0.441. The van der Waals surface area contributed by atoms with Crippen LogP contribution < -0.4 is 0 Å². The van der Waals surface area contributed by atoms with E-state index in [0.29, 0.717) is 5.92 Å². The molecule has 3 aromatic rings. The first kappa shape index (κ1) is 11.5. The number of benzene rings is 3. The summed E-state index contributed by atoms with van der Waals surface area (Å²) in [5.41, 5.74) is 8.34. The van der Waals surface area contributed by atoms with Crippen molar-refractivity contribution in [2.75, 3.05) is 0 Å². The van der Waals surface area contributed by atoms with Crippen molar-refractivity contribution in [1.82, 2.24) is 0 Å². The summed E-state index contributed by atoms with van der Waals surface area (Å²) in [5.74, 6) is 0.377. The van der Waals surface area contributed by atoms with Crippen LogP contribution in [0.3, 0.4) is 0 Å². The van der Waals surface area contributed by atoms with E-state index in [1.807, 2.05) is 0 Å². The van der Waals surface area contributed by atoms with Gasteiger partial charge in [0.15, 0.2) is 0 Å². The van der Waals surface area contributed by atoms with Gasteiger partial charge in [-0.25, -0.2) is 0 Å². The molecule has 0 heterocycles. The number of aryl methyl sites for hydroxylation is 1. The Kier molecular flexibility index (Phi) is 2.50. The van der Waals surface area contributed by atoms with Crippen LogP contribution in [0.4, 0.5) is 0 Å².